The van der Waals surface area contributed by atoms with E-state index in [1.54, 1.807) is 24.7 Å². The maximum absolute atomic E-state index is 13.7. The third kappa shape index (κ3) is 4.28. The van der Waals surface area contributed by atoms with Crippen LogP contribution in [-0.4, -0.2) is 45.5 Å². The van der Waals surface area contributed by atoms with Gasteiger partial charge in [-0.2, -0.15) is 0 Å². The van der Waals surface area contributed by atoms with E-state index in [4.69, 9.17) is 4.98 Å². The second-order valence-electron chi connectivity index (χ2n) is 8.29. The number of fused-ring (bicyclic) bond motifs is 1. The standard InChI is InChI=1S/C25H25FN6O/c1-16-19(20-13-18(26)6-7-22(20)30-16)8-10-28-24(33)21-15-29-25(32-11-2-3-12-32)31-23(21)17-5-4-9-27-14-17/h4-7,9,13-15,30H,2-3,8,10-12H2,1H3,(H,28,33). The van der Waals surface area contributed by atoms with Crippen molar-refractivity contribution in [1.82, 2.24) is 25.3 Å². The molecule has 3 aromatic heterocycles. The molecule has 168 valence electrons. The molecular formula is C25H25FN6O. The quantitative estimate of drug-likeness (QED) is 0.469. The SMILES string of the molecule is Cc1[nH]c2ccc(F)cc2c1CCNC(=O)c1cnc(N2CCCC2)nc1-c1cccnc1. The summed E-state index contributed by atoms with van der Waals surface area (Å²) in [7, 11) is 0. The lowest BCUT2D eigenvalue weighted by atomic mass is 10.1. The minimum absolute atomic E-state index is 0.245. The molecular weight excluding hydrogens is 419 g/mol. The van der Waals surface area contributed by atoms with Gasteiger partial charge in [-0.3, -0.25) is 9.78 Å². The van der Waals surface area contributed by atoms with Gasteiger partial charge in [-0.25, -0.2) is 14.4 Å². The number of rotatable bonds is 6. The highest BCUT2D eigenvalue weighted by Gasteiger charge is 2.21. The fraction of sp³-hybridized carbons (Fsp3) is 0.280. The van der Waals surface area contributed by atoms with Crippen LogP contribution in [0.2, 0.25) is 0 Å². The number of aromatic nitrogens is 4. The van der Waals surface area contributed by atoms with Crippen LogP contribution in [-0.2, 0) is 6.42 Å². The Bertz CT molecular complexity index is 1300. The van der Waals surface area contributed by atoms with E-state index in [0.29, 0.717) is 30.2 Å². The number of aryl methyl sites for hydroxylation is 1. The molecule has 0 saturated carbocycles. The fourth-order valence-corrected chi connectivity index (χ4v) is 4.40. The molecule has 1 aromatic carbocycles. The van der Waals surface area contributed by atoms with Crippen molar-refractivity contribution in [2.24, 2.45) is 0 Å². The minimum atomic E-state index is -0.275. The number of hydrogen-bond donors (Lipinski definition) is 2. The Morgan fingerprint density at radius 1 is 1.21 bits per heavy atom. The van der Waals surface area contributed by atoms with Crippen LogP contribution < -0.4 is 10.2 Å². The Kier molecular flexibility index (Phi) is 5.73. The Hall–Kier alpha value is -3.81. The van der Waals surface area contributed by atoms with Crippen molar-refractivity contribution < 1.29 is 9.18 Å². The van der Waals surface area contributed by atoms with Crippen molar-refractivity contribution in [2.75, 3.05) is 24.5 Å². The van der Waals surface area contributed by atoms with Gasteiger partial charge in [0.25, 0.3) is 5.91 Å². The zero-order valence-electron chi connectivity index (χ0n) is 18.4. The van der Waals surface area contributed by atoms with Crippen LogP contribution >= 0.6 is 0 Å². The average Bonchev–Trinajstić information content (AvgIpc) is 3.48. The van der Waals surface area contributed by atoms with Gasteiger partial charge in [0.1, 0.15) is 5.82 Å². The zero-order chi connectivity index (χ0) is 22.8. The first-order valence-electron chi connectivity index (χ1n) is 11.2. The number of anilines is 1. The summed E-state index contributed by atoms with van der Waals surface area (Å²) in [5.74, 6) is 0.119. The maximum Gasteiger partial charge on any atom is 0.255 e. The molecule has 0 radical (unpaired) electrons. The van der Waals surface area contributed by atoms with Gasteiger partial charge < -0.3 is 15.2 Å². The van der Waals surface area contributed by atoms with E-state index < -0.39 is 0 Å². The first-order valence-corrected chi connectivity index (χ1v) is 11.2. The van der Waals surface area contributed by atoms with Gasteiger partial charge in [-0.05, 0) is 62.1 Å². The lowest BCUT2D eigenvalue weighted by Gasteiger charge is -2.17. The number of nitrogens with zero attached hydrogens (tertiary/aromatic N) is 4. The van der Waals surface area contributed by atoms with Gasteiger partial charge in [0.15, 0.2) is 0 Å². The van der Waals surface area contributed by atoms with Gasteiger partial charge in [0.2, 0.25) is 5.95 Å². The first kappa shape index (κ1) is 21.1. The predicted molar refractivity (Wildman–Crippen MR) is 126 cm³/mol. The molecule has 1 amide bonds. The van der Waals surface area contributed by atoms with Crippen molar-refractivity contribution in [3.05, 3.63) is 71.6 Å². The van der Waals surface area contributed by atoms with Crippen LogP contribution in [0.1, 0.15) is 34.5 Å². The topological polar surface area (TPSA) is 86.8 Å². The Balaban J connectivity index is 1.37. The Morgan fingerprint density at radius 2 is 2.06 bits per heavy atom. The van der Waals surface area contributed by atoms with Crippen molar-refractivity contribution in [3.8, 4) is 11.3 Å². The third-order valence-electron chi connectivity index (χ3n) is 6.09. The molecule has 5 rings (SSSR count). The summed E-state index contributed by atoms with van der Waals surface area (Å²) in [4.78, 5) is 31.9. The van der Waals surface area contributed by atoms with E-state index in [1.807, 2.05) is 19.1 Å². The van der Waals surface area contributed by atoms with E-state index in [0.717, 1.165) is 53.7 Å². The number of aromatic amines is 1. The van der Waals surface area contributed by atoms with E-state index >= 15 is 0 Å². The molecule has 33 heavy (non-hydrogen) atoms. The number of halogens is 1. The lowest BCUT2D eigenvalue weighted by molar-refractivity contribution is 0.0954. The number of carbonyl (C=O) groups is 1. The number of amides is 1. The summed E-state index contributed by atoms with van der Waals surface area (Å²) in [5, 5.41) is 3.83. The smallest absolute Gasteiger partial charge is 0.255 e. The summed E-state index contributed by atoms with van der Waals surface area (Å²) in [6.07, 6.45) is 7.81. The molecule has 0 unspecified atom stereocenters. The molecule has 1 saturated heterocycles. The van der Waals surface area contributed by atoms with Crippen LogP contribution in [0.15, 0.2) is 48.9 Å². The van der Waals surface area contributed by atoms with Gasteiger partial charge in [-0.1, -0.05) is 0 Å². The van der Waals surface area contributed by atoms with Crippen molar-refractivity contribution in [1.29, 1.82) is 0 Å². The number of hydrogen-bond acceptors (Lipinski definition) is 5. The van der Waals surface area contributed by atoms with Gasteiger partial charge in [0, 0.05) is 60.4 Å². The van der Waals surface area contributed by atoms with Crippen LogP contribution in [0, 0.1) is 12.7 Å². The second-order valence-corrected chi connectivity index (χ2v) is 8.29. The van der Waals surface area contributed by atoms with Gasteiger partial charge in [-0.15, -0.1) is 0 Å². The molecule has 4 aromatic rings. The number of benzene rings is 1. The molecule has 0 bridgehead atoms. The molecule has 0 aliphatic carbocycles. The third-order valence-corrected chi connectivity index (χ3v) is 6.09. The van der Waals surface area contributed by atoms with E-state index in [-0.39, 0.29) is 11.7 Å². The van der Waals surface area contributed by atoms with Crippen molar-refractivity contribution >= 4 is 22.8 Å². The first-order chi connectivity index (χ1) is 16.1. The highest BCUT2D eigenvalue weighted by atomic mass is 19.1. The molecule has 0 spiro atoms. The van der Waals surface area contributed by atoms with E-state index in [1.165, 1.54) is 12.1 Å². The number of nitrogens with one attached hydrogen (secondary N) is 2. The molecule has 4 heterocycles. The summed E-state index contributed by atoms with van der Waals surface area (Å²) in [6, 6.07) is 8.42. The highest BCUT2D eigenvalue weighted by molar-refractivity contribution is 5.99. The summed E-state index contributed by atoms with van der Waals surface area (Å²) in [6.45, 7) is 4.20. The molecule has 2 N–H and O–H groups in total. The predicted octanol–water partition coefficient (Wildman–Crippen LogP) is 4.04. The molecule has 8 heteroatoms. The molecule has 1 aliphatic rings. The molecule has 1 aliphatic heterocycles. The molecule has 0 atom stereocenters. The molecule has 1 fully saturated rings. The summed E-state index contributed by atoms with van der Waals surface area (Å²) < 4.78 is 13.7. The summed E-state index contributed by atoms with van der Waals surface area (Å²) in [5.41, 5.74) is 4.61. The van der Waals surface area contributed by atoms with Crippen molar-refractivity contribution in [2.45, 2.75) is 26.2 Å². The van der Waals surface area contributed by atoms with Crippen molar-refractivity contribution in [3.63, 3.8) is 0 Å². The normalized spacial score (nSPS) is 13.6. The van der Waals surface area contributed by atoms with E-state index in [9.17, 15) is 9.18 Å². The number of H-pyrrole nitrogens is 1. The monoisotopic (exact) mass is 444 g/mol. The average molecular weight is 445 g/mol. The molecule has 7 nitrogen and oxygen atoms in total. The van der Waals surface area contributed by atoms with Crippen LogP contribution in [0.25, 0.3) is 22.2 Å². The number of carbonyl (C=O) groups excluding carboxylic acids is 1. The van der Waals surface area contributed by atoms with Gasteiger partial charge in [0.05, 0.1) is 11.3 Å². The number of pyridine rings is 1. The Morgan fingerprint density at radius 3 is 2.85 bits per heavy atom. The second kappa shape index (κ2) is 8.97. The van der Waals surface area contributed by atoms with Crippen LogP contribution in [0.5, 0.6) is 0 Å². The maximum atomic E-state index is 13.7. The van der Waals surface area contributed by atoms with Gasteiger partial charge >= 0.3 is 0 Å². The minimum Gasteiger partial charge on any atom is -0.358 e. The summed E-state index contributed by atoms with van der Waals surface area (Å²) >= 11 is 0. The zero-order valence-corrected chi connectivity index (χ0v) is 18.4. The Labute approximate surface area is 191 Å². The lowest BCUT2D eigenvalue weighted by Crippen LogP contribution is -2.28. The fourth-order valence-electron chi connectivity index (χ4n) is 4.40. The largest absolute Gasteiger partial charge is 0.358 e. The van der Waals surface area contributed by atoms with Crippen LogP contribution in [0.4, 0.5) is 10.3 Å². The van der Waals surface area contributed by atoms with E-state index in [2.05, 4.69) is 25.2 Å². The highest BCUT2D eigenvalue weighted by Crippen LogP contribution is 2.25. The van der Waals surface area contributed by atoms with Crippen LogP contribution in [0.3, 0.4) is 0 Å².